The topological polar surface area (TPSA) is 49.4 Å². The van der Waals surface area contributed by atoms with Crippen LogP contribution >= 0.6 is 11.3 Å². The Morgan fingerprint density at radius 2 is 2.40 bits per heavy atom. The van der Waals surface area contributed by atoms with Gasteiger partial charge in [0.2, 0.25) is 5.91 Å². The van der Waals surface area contributed by atoms with Gasteiger partial charge in [0.15, 0.2) is 0 Å². The fourth-order valence-corrected chi connectivity index (χ4v) is 2.25. The Balaban J connectivity index is 2.03. The molecule has 5 heteroatoms. The fraction of sp³-hybridized carbons (Fsp3) is 0.400. The second-order valence-electron chi connectivity index (χ2n) is 3.66. The molecule has 1 aliphatic rings. The van der Waals surface area contributed by atoms with Crippen LogP contribution in [0.5, 0.6) is 0 Å². The van der Waals surface area contributed by atoms with Crippen molar-refractivity contribution in [3.63, 3.8) is 0 Å². The molecule has 3 amide bonds. The first-order chi connectivity index (χ1) is 7.16. The van der Waals surface area contributed by atoms with Crippen LogP contribution in [0.15, 0.2) is 17.5 Å². The smallest absolute Gasteiger partial charge is 0.319 e. The zero-order chi connectivity index (χ0) is 10.8. The number of thiophene rings is 1. The van der Waals surface area contributed by atoms with Crippen molar-refractivity contribution in [1.29, 1.82) is 0 Å². The molecule has 2 rings (SSSR count). The molecule has 0 bridgehead atoms. The van der Waals surface area contributed by atoms with E-state index in [0.717, 1.165) is 4.88 Å². The molecule has 1 unspecified atom stereocenters. The molecule has 2 heterocycles. The highest BCUT2D eigenvalue weighted by Gasteiger charge is 2.28. The van der Waals surface area contributed by atoms with Crippen molar-refractivity contribution in [3.8, 4) is 0 Å². The molecule has 15 heavy (non-hydrogen) atoms. The zero-order valence-corrected chi connectivity index (χ0v) is 9.21. The Hall–Kier alpha value is -1.36. The van der Waals surface area contributed by atoms with Crippen LogP contribution in [0.25, 0.3) is 0 Å². The van der Waals surface area contributed by atoms with Gasteiger partial charge in [-0.15, -0.1) is 11.3 Å². The highest BCUT2D eigenvalue weighted by atomic mass is 32.1. The van der Waals surface area contributed by atoms with Gasteiger partial charge in [0, 0.05) is 11.4 Å². The molecule has 1 fully saturated rings. The number of nitrogens with zero attached hydrogens (tertiary/aromatic N) is 1. The second-order valence-corrected chi connectivity index (χ2v) is 4.69. The largest absolute Gasteiger partial charge is 0.324 e. The van der Waals surface area contributed by atoms with Gasteiger partial charge in [-0.1, -0.05) is 13.0 Å². The van der Waals surface area contributed by atoms with Crippen molar-refractivity contribution in [2.24, 2.45) is 5.92 Å². The highest BCUT2D eigenvalue weighted by molar-refractivity contribution is 7.09. The average Bonchev–Trinajstić information content (AvgIpc) is 2.67. The van der Waals surface area contributed by atoms with Crippen molar-refractivity contribution in [2.45, 2.75) is 13.5 Å². The van der Waals surface area contributed by atoms with Crippen LogP contribution in [0.4, 0.5) is 4.79 Å². The van der Waals surface area contributed by atoms with Crippen LogP contribution < -0.4 is 5.32 Å². The molecular formula is C10H12N2O2S. The third-order valence-electron chi connectivity index (χ3n) is 2.39. The number of carbonyl (C=O) groups is 2. The van der Waals surface area contributed by atoms with E-state index in [1.54, 1.807) is 16.2 Å². The van der Waals surface area contributed by atoms with E-state index in [1.165, 1.54) is 0 Å². The summed E-state index contributed by atoms with van der Waals surface area (Å²) in [7, 11) is 0. The van der Waals surface area contributed by atoms with Crippen molar-refractivity contribution < 1.29 is 9.59 Å². The number of hydrogen-bond donors (Lipinski definition) is 1. The number of urea groups is 1. The Morgan fingerprint density at radius 3 is 3.07 bits per heavy atom. The van der Waals surface area contributed by atoms with E-state index in [4.69, 9.17) is 0 Å². The summed E-state index contributed by atoms with van der Waals surface area (Å²) in [6.07, 6.45) is 0. The molecule has 80 valence electrons. The van der Waals surface area contributed by atoms with Crippen molar-refractivity contribution in [2.75, 3.05) is 6.54 Å². The van der Waals surface area contributed by atoms with Gasteiger partial charge in [-0.2, -0.15) is 0 Å². The van der Waals surface area contributed by atoms with Crippen LogP contribution in [-0.4, -0.2) is 23.4 Å². The second kappa shape index (κ2) is 4.02. The number of amides is 3. The average molecular weight is 224 g/mol. The minimum Gasteiger partial charge on any atom is -0.319 e. The first kappa shape index (κ1) is 10.2. The van der Waals surface area contributed by atoms with Crippen LogP contribution in [0, 0.1) is 5.92 Å². The van der Waals surface area contributed by atoms with Gasteiger partial charge in [0.25, 0.3) is 0 Å². The number of rotatable bonds is 2. The minimum atomic E-state index is -0.286. The molecule has 1 saturated heterocycles. The van der Waals surface area contributed by atoms with E-state index in [1.807, 2.05) is 24.4 Å². The molecule has 0 aromatic carbocycles. The summed E-state index contributed by atoms with van der Waals surface area (Å²) in [6, 6.07) is 3.65. The molecular weight excluding hydrogens is 212 g/mol. The standard InChI is InChI=1S/C10H12N2O2S/c1-7-5-12(10(14)11-9(7)13)6-8-3-2-4-15-8/h2-4,7H,5-6H2,1H3,(H,11,13,14). The summed E-state index contributed by atoms with van der Waals surface area (Å²) in [6.45, 7) is 2.91. The zero-order valence-electron chi connectivity index (χ0n) is 8.40. The molecule has 0 saturated carbocycles. The molecule has 1 aromatic rings. The summed E-state index contributed by atoms with van der Waals surface area (Å²) < 4.78 is 0. The lowest BCUT2D eigenvalue weighted by Crippen LogP contribution is -2.53. The monoisotopic (exact) mass is 224 g/mol. The Morgan fingerprint density at radius 1 is 1.60 bits per heavy atom. The predicted octanol–water partition coefficient (Wildman–Crippen LogP) is 1.44. The molecule has 0 aliphatic carbocycles. The van der Waals surface area contributed by atoms with E-state index in [0.29, 0.717) is 13.1 Å². The van der Waals surface area contributed by atoms with Gasteiger partial charge < -0.3 is 4.90 Å². The summed E-state index contributed by atoms with van der Waals surface area (Å²) in [5.41, 5.74) is 0. The summed E-state index contributed by atoms with van der Waals surface area (Å²) >= 11 is 1.61. The number of carbonyl (C=O) groups excluding carboxylic acids is 2. The lowest BCUT2D eigenvalue weighted by Gasteiger charge is -2.29. The minimum absolute atomic E-state index is 0.123. The quantitative estimate of drug-likeness (QED) is 0.826. The van der Waals surface area contributed by atoms with Gasteiger partial charge in [-0.25, -0.2) is 4.79 Å². The number of nitrogens with one attached hydrogen (secondary N) is 1. The normalized spacial score (nSPS) is 21.7. The summed E-state index contributed by atoms with van der Waals surface area (Å²) in [5, 5.41) is 4.32. The third kappa shape index (κ3) is 2.18. The van der Waals surface area contributed by atoms with Crippen molar-refractivity contribution in [3.05, 3.63) is 22.4 Å². The summed E-state index contributed by atoms with van der Waals surface area (Å²) in [5.74, 6) is -0.301. The molecule has 0 radical (unpaired) electrons. The van der Waals surface area contributed by atoms with Crippen LogP contribution in [-0.2, 0) is 11.3 Å². The maximum absolute atomic E-state index is 11.5. The maximum atomic E-state index is 11.5. The maximum Gasteiger partial charge on any atom is 0.324 e. The third-order valence-corrected chi connectivity index (χ3v) is 3.25. The molecule has 0 spiro atoms. The van der Waals surface area contributed by atoms with Crippen LogP contribution in [0.1, 0.15) is 11.8 Å². The van der Waals surface area contributed by atoms with Crippen LogP contribution in [0.3, 0.4) is 0 Å². The number of hydrogen-bond acceptors (Lipinski definition) is 3. The van der Waals surface area contributed by atoms with Gasteiger partial charge >= 0.3 is 6.03 Å². The first-order valence-corrected chi connectivity index (χ1v) is 5.67. The van der Waals surface area contributed by atoms with E-state index >= 15 is 0 Å². The fourth-order valence-electron chi connectivity index (χ4n) is 1.53. The SMILES string of the molecule is CC1CN(Cc2cccs2)C(=O)NC1=O. The highest BCUT2D eigenvalue weighted by Crippen LogP contribution is 2.15. The predicted molar refractivity (Wildman–Crippen MR) is 57.4 cm³/mol. The Labute approximate surface area is 91.9 Å². The van der Waals surface area contributed by atoms with Crippen molar-refractivity contribution in [1.82, 2.24) is 10.2 Å². The van der Waals surface area contributed by atoms with Gasteiger partial charge in [-0.3, -0.25) is 10.1 Å². The Kier molecular flexibility index (Phi) is 2.73. The first-order valence-electron chi connectivity index (χ1n) is 4.79. The molecule has 1 aliphatic heterocycles. The van der Waals surface area contributed by atoms with Gasteiger partial charge in [0.1, 0.15) is 0 Å². The molecule has 1 N–H and O–H groups in total. The number of imide groups is 1. The molecule has 1 aromatic heterocycles. The van der Waals surface area contributed by atoms with E-state index < -0.39 is 0 Å². The van der Waals surface area contributed by atoms with Gasteiger partial charge in [0.05, 0.1) is 12.5 Å². The molecule has 1 atom stereocenters. The summed E-state index contributed by atoms with van der Waals surface area (Å²) in [4.78, 5) is 25.5. The lowest BCUT2D eigenvalue weighted by molar-refractivity contribution is -0.125. The van der Waals surface area contributed by atoms with Crippen molar-refractivity contribution >= 4 is 23.3 Å². The van der Waals surface area contributed by atoms with Crippen LogP contribution in [0.2, 0.25) is 0 Å². The van der Waals surface area contributed by atoms with E-state index in [2.05, 4.69) is 5.32 Å². The lowest BCUT2D eigenvalue weighted by atomic mass is 10.1. The molecule has 4 nitrogen and oxygen atoms in total. The van der Waals surface area contributed by atoms with E-state index in [-0.39, 0.29) is 17.9 Å². The van der Waals surface area contributed by atoms with Gasteiger partial charge in [-0.05, 0) is 11.4 Å². The van der Waals surface area contributed by atoms with E-state index in [9.17, 15) is 9.59 Å². The Bertz CT molecular complexity index is 375.